The van der Waals surface area contributed by atoms with Crippen LogP contribution in [-0.2, 0) is 0 Å². The van der Waals surface area contributed by atoms with Crippen LogP contribution in [0.5, 0.6) is 0 Å². The Morgan fingerprint density at radius 1 is 1.43 bits per heavy atom. The topological polar surface area (TPSA) is 113 Å². The summed E-state index contributed by atoms with van der Waals surface area (Å²) in [6, 6.07) is 4.20. The molecule has 0 aromatic carbocycles. The monoisotopic (exact) mass is 333 g/mol. The molecule has 1 aromatic heterocycles. The van der Waals surface area contributed by atoms with Crippen molar-refractivity contribution >= 4 is 23.5 Å². The van der Waals surface area contributed by atoms with Gasteiger partial charge in [0.25, 0.3) is 0 Å². The molecule has 1 fully saturated rings. The summed E-state index contributed by atoms with van der Waals surface area (Å²) in [5, 5.41) is 29.8. The normalized spacial score (nSPS) is 13.0. The first kappa shape index (κ1) is 16.9. The minimum atomic E-state index is -1.07. The van der Waals surface area contributed by atoms with Crippen LogP contribution in [0.25, 0.3) is 0 Å². The quantitative estimate of drug-likeness (QED) is 0.610. The van der Waals surface area contributed by atoms with Crippen molar-refractivity contribution in [3.8, 4) is 12.1 Å². The molecular formula is C15H16ClN5O2. The van der Waals surface area contributed by atoms with Crippen molar-refractivity contribution in [2.45, 2.75) is 25.2 Å². The second-order valence-electron chi connectivity index (χ2n) is 5.39. The fourth-order valence-corrected chi connectivity index (χ4v) is 2.68. The van der Waals surface area contributed by atoms with Crippen molar-refractivity contribution in [3.05, 3.63) is 21.8 Å². The molecule has 1 amide bonds. The maximum absolute atomic E-state index is 10.4. The molecule has 0 aliphatic heterocycles. The number of anilines is 1. The minimum Gasteiger partial charge on any atom is -0.465 e. The Morgan fingerprint density at radius 2 is 2.09 bits per heavy atom. The fraction of sp³-hybridized carbons (Fsp3) is 0.467. The van der Waals surface area contributed by atoms with Gasteiger partial charge < -0.3 is 15.3 Å². The lowest BCUT2D eigenvalue weighted by molar-refractivity contribution is 0.194. The third-order valence-electron chi connectivity index (χ3n) is 3.69. The van der Waals surface area contributed by atoms with Gasteiger partial charge in [0.2, 0.25) is 0 Å². The lowest BCUT2D eigenvalue weighted by atomic mass is 10.00. The van der Waals surface area contributed by atoms with E-state index in [0.29, 0.717) is 36.5 Å². The molecule has 0 saturated heterocycles. The molecule has 7 nitrogen and oxygen atoms in total. The van der Waals surface area contributed by atoms with Gasteiger partial charge in [-0.15, -0.1) is 0 Å². The van der Waals surface area contributed by atoms with E-state index >= 15 is 0 Å². The van der Waals surface area contributed by atoms with Crippen LogP contribution in [0.4, 0.5) is 10.6 Å². The first-order valence-corrected chi connectivity index (χ1v) is 7.58. The zero-order valence-electron chi connectivity index (χ0n) is 12.6. The second-order valence-corrected chi connectivity index (χ2v) is 5.75. The van der Waals surface area contributed by atoms with Crippen LogP contribution in [0.2, 0.25) is 5.15 Å². The molecule has 0 bridgehead atoms. The summed E-state index contributed by atoms with van der Waals surface area (Å²) in [4.78, 5) is 16.4. The van der Waals surface area contributed by atoms with Crippen LogP contribution in [0, 0.1) is 22.7 Å². The SMILES string of the molecule is CN(CCCNC(=O)O)c1nc(Cl)c(C#N)c(C2CC2)c1C#N. The van der Waals surface area contributed by atoms with Gasteiger partial charge in [0, 0.05) is 20.1 Å². The van der Waals surface area contributed by atoms with Gasteiger partial charge in [-0.3, -0.25) is 0 Å². The second kappa shape index (κ2) is 7.17. The van der Waals surface area contributed by atoms with E-state index in [1.807, 2.05) is 0 Å². The average Bonchev–Trinajstić information content (AvgIpc) is 3.34. The number of hydrogen-bond acceptors (Lipinski definition) is 5. The van der Waals surface area contributed by atoms with Gasteiger partial charge in [-0.2, -0.15) is 10.5 Å². The average molecular weight is 334 g/mol. The van der Waals surface area contributed by atoms with E-state index in [4.69, 9.17) is 16.7 Å². The molecule has 1 aromatic rings. The molecule has 23 heavy (non-hydrogen) atoms. The molecule has 1 aliphatic rings. The van der Waals surface area contributed by atoms with Crippen molar-refractivity contribution < 1.29 is 9.90 Å². The molecule has 1 saturated carbocycles. The summed E-state index contributed by atoms with van der Waals surface area (Å²) in [5.41, 5.74) is 1.37. The summed E-state index contributed by atoms with van der Waals surface area (Å²) in [7, 11) is 1.77. The molecule has 1 aliphatic carbocycles. The first-order chi connectivity index (χ1) is 11.0. The number of nitrogens with zero attached hydrogens (tertiary/aromatic N) is 4. The lowest BCUT2D eigenvalue weighted by Crippen LogP contribution is -2.28. The number of amides is 1. The Balaban J connectivity index is 2.26. The Labute approximate surface area is 139 Å². The van der Waals surface area contributed by atoms with Gasteiger partial charge in [0.05, 0.1) is 11.1 Å². The summed E-state index contributed by atoms with van der Waals surface area (Å²) in [5.74, 6) is 0.634. The molecule has 1 heterocycles. The molecule has 0 atom stereocenters. The van der Waals surface area contributed by atoms with Crippen LogP contribution in [0.1, 0.15) is 41.9 Å². The van der Waals surface area contributed by atoms with Crippen molar-refractivity contribution in [2.24, 2.45) is 0 Å². The molecule has 0 radical (unpaired) electrons. The number of rotatable bonds is 6. The number of nitriles is 2. The lowest BCUT2D eigenvalue weighted by Gasteiger charge is -2.21. The van der Waals surface area contributed by atoms with Crippen LogP contribution < -0.4 is 10.2 Å². The van der Waals surface area contributed by atoms with Gasteiger partial charge in [0.15, 0.2) is 0 Å². The molecule has 0 spiro atoms. The Morgan fingerprint density at radius 3 is 2.61 bits per heavy atom. The third kappa shape index (κ3) is 3.82. The highest BCUT2D eigenvalue weighted by Gasteiger charge is 2.33. The maximum atomic E-state index is 10.4. The number of halogens is 1. The first-order valence-electron chi connectivity index (χ1n) is 7.21. The van der Waals surface area contributed by atoms with Crippen molar-refractivity contribution in [2.75, 3.05) is 25.0 Å². The zero-order chi connectivity index (χ0) is 17.0. The molecule has 0 unspecified atom stereocenters. The summed E-state index contributed by atoms with van der Waals surface area (Å²) >= 11 is 6.12. The van der Waals surface area contributed by atoms with Crippen LogP contribution >= 0.6 is 11.6 Å². The highest BCUT2D eigenvalue weighted by molar-refractivity contribution is 6.30. The number of carbonyl (C=O) groups is 1. The predicted octanol–water partition coefficient (Wildman–Crippen LogP) is 2.45. The third-order valence-corrected chi connectivity index (χ3v) is 3.96. The Kier molecular flexibility index (Phi) is 5.25. The van der Waals surface area contributed by atoms with Gasteiger partial charge in [-0.1, -0.05) is 11.6 Å². The summed E-state index contributed by atoms with van der Waals surface area (Å²) in [6.07, 6.45) is 1.37. The van der Waals surface area contributed by atoms with E-state index in [9.17, 15) is 15.3 Å². The van der Waals surface area contributed by atoms with Gasteiger partial charge in [0.1, 0.15) is 23.1 Å². The van der Waals surface area contributed by atoms with E-state index < -0.39 is 6.09 Å². The van der Waals surface area contributed by atoms with E-state index in [1.165, 1.54) is 0 Å². The number of carboxylic acid groups (broad SMARTS) is 1. The molecule has 2 rings (SSSR count). The smallest absolute Gasteiger partial charge is 0.404 e. The predicted molar refractivity (Wildman–Crippen MR) is 84.6 cm³/mol. The number of nitrogens with one attached hydrogen (secondary N) is 1. The highest BCUT2D eigenvalue weighted by atomic mass is 35.5. The Hall–Kier alpha value is -2.51. The fourth-order valence-electron chi connectivity index (χ4n) is 2.45. The highest BCUT2D eigenvalue weighted by Crippen LogP contribution is 2.46. The van der Waals surface area contributed by atoms with Crippen molar-refractivity contribution in [3.63, 3.8) is 0 Å². The molecular weight excluding hydrogens is 318 g/mol. The minimum absolute atomic E-state index is 0.110. The molecule has 2 N–H and O–H groups in total. The van der Waals surface area contributed by atoms with Gasteiger partial charge in [-0.05, 0) is 30.7 Å². The van der Waals surface area contributed by atoms with E-state index in [1.54, 1.807) is 11.9 Å². The van der Waals surface area contributed by atoms with Crippen LogP contribution in [0.15, 0.2) is 0 Å². The van der Waals surface area contributed by atoms with E-state index in [0.717, 1.165) is 12.8 Å². The Bertz CT molecular complexity index is 703. The summed E-state index contributed by atoms with van der Waals surface area (Å²) < 4.78 is 0. The van der Waals surface area contributed by atoms with Gasteiger partial charge >= 0.3 is 6.09 Å². The largest absolute Gasteiger partial charge is 0.465 e. The standard InChI is InChI=1S/C15H16ClN5O2/c1-21(6-2-5-19-15(22)23)14-11(8-18)12(9-3-4-9)10(7-17)13(16)20-14/h9,19H,2-6H2,1H3,(H,22,23). The van der Waals surface area contributed by atoms with Crippen LogP contribution in [-0.4, -0.2) is 36.3 Å². The maximum Gasteiger partial charge on any atom is 0.404 e. The molecule has 120 valence electrons. The van der Waals surface area contributed by atoms with Crippen molar-refractivity contribution in [1.29, 1.82) is 10.5 Å². The molecule has 8 heteroatoms. The zero-order valence-corrected chi connectivity index (χ0v) is 13.4. The van der Waals surface area contributed by atoms with E-state index in [2.05, 4.69) is 22.4 Å². The van der Waals surface area contributed by atoms with Crippen LogP contribution in [0.3, 0.4) is 0 Å². The number of pyridine rings is 1. The number of hydrogen-bond donors (Lipinski definition) is 2. The van der Waals surface area contributed by atoms with E-state index in [-0.39, 0.29) is 16.6 Å². The summed E-state index contributed by atoms with van der Waals surface area (Å²) in [6.45, 7) is 0.815. The van der Waals surface area contributed by atoms with Crippen molar-refractivity contribution in [1.82, 2.24) is 10.3 Å². The van der Waals surface area contributed by atoms with Gasteiger partial charge in [-0.25, -0.2) is 9.78 Å². The number of aromatic nitrogens is 1.